The van der Waals surface area contributed by atoms with E-state index in [2.05, 4.69) is 5.32 Å². The predicted molar refractivity (Wildman–Crippen MR) is 77.2 cm³/mol. The van der Waals surface area contributed by atoms with Gasteiger partial charge in [-0.15, -0.1) is 0 Å². The van der Waals surface area contributed by atoms with Crippen LogP contribution in [0.3, 0.4) is 0 Å². The van der Waals surface area contributed by atoms with Gasteiger partial charge in [-0.25, -0.2) is 0 Å². The molecule has 2 atom stereocenters. The quantitative estimate of drug-likeness (QED) is 0.261. The van der Waals surface area contributed by atoms with Gasteiger partial charge in [0.2, 0.25) is 0 Å². The summed E-state index contributed by atoms with van der Waals surface area (Å²) in [6.07, 6.45) is 4.52. The van der Waals surface area contributed by atoms with Crippen LogP contribution in [-0.2, 0) is 9.47 Å². The highest BCUT2D eigenvalue weighted by Crippen LogP contribution is 2.04. The van der Waals surface area contributed by atoms with E-state index in [4.69, 9.17) is 14.6 Å². The maximum absolute atomic E-state index is 9.49. The Morgan fingerprint density at radius 3 is 2.40 bits per heavy atom. The van der Waals surface area contributed by atoms with E-state index >= 15 is 0 Å². The lowest BCUT2D eigenvalue weighted by Crippen LogP contribution is -2.30. The van der Waals surface area contributed by atoms with Crippen molar-refractivity contribution in [1.82, 2.24) is 5.32 Å². The van der Waals surface area contributed by atoms with Crippen LogP contribution in [-0.4, -0.2) is 61.3 Å². The second kappa shape index (κ2) is 15.2. The molecule has 0 aromatic heterocycles. The van der Waals surface area contributed by atoms with Crippen LogP contribution in [0.4, 0.5) is 0 Å². The first-order chi connectivity index (χ1) is 9.70. The second-order valence-electron chi connectivity index (χ2n) is 4.86. The maximum Gasteiger partial charge on any atom is 0.154 e. The fourth-order valence-electron chi connectivity index (χ4n) is 1.78. The van der Waals surface area contributed by atoms with Gasteiger partial charge < -0.3 is 24.8 Å². The zero-order chi connectivity index (χ0) is 15.1. The average Bonchev–Trinajstić information content (AvgIpc) is 2.42. The topological polar surface area (TPSA) is 91.2 Å². The fraction of sp³-hybridized carbons (Fsp3) is 1.00. The van der Waals surface area contributed by atoms with Crippen LogP contribution in [0.15, 0.2) is 0 Å². The first kappa shape index (κ1) is 19.8. The molecule has 0 aliphatic heterocycles. The average molecular weight is 293 g/mol. The third-order valence-corrected chi connectivity index (χ3v) is 2.96. The van der Waals surface area contributed by atoms with Crippen molar-refractivity contribution >= 4 is 0 Å². The second-order valence-corrected chi connectivity index (χ2v) is 4.86. The van der Waals surface area contributed by atoms with Crippen molar-refractivity contribution in [3.63, 3.8) is 0 Å². The van der Waals surface area contributed by atoms with Crippen LogP contribution in [0.25, 0.3) is 0 Å². The normalized spacial score (nSPS) is 14.4. The summed E-state index contributed by atoms with van der Waals surface area (Å²) >= 11 is 0. The molecule has 0 saturated carbocycles. The van der Waals surface area contributed by atoms with Crippen molar-refractivity contribution in [3.05, 3.63) is 0 Å². The molecule has 0 unspecified atom stereocenters. The van der Waals surface area contributed by atoms with E-state index in [0.29, 0.717) is 26.1 Å². The summed E-state index contributed by atoms with van der Waals surface area (Å²) in [6.45, 7) is 1.98. The third kappa shape index (κ3) is 14.2. The highest BCUT2D eigenvalue weighted by atomic mass is 16.6. The van der Waals surface area contributed by atoms with E-state index in [9.17, 15) is 10.2 Å². The molecule has 6 heteroatoms. The maximum atomic E-state index is 9.49. The molecule has 0 aliphatic carbocycles. The number of ether oxygens (including phenoxy) is 2. The third-order valence-electron chi connectivity index (χ3n) is 2.96. The van der Waals surface area contributed by atoms with Gasteiger partial charge in [-0.3, -0.25) is 5.32 Å². The number of hydrogen-bond acceptors (Lipinski definition) is 6. The molecular weight excluding hydrogens is 262 g/mol. The molecule has 0 radical (unpaired) electrons. The van der Waals surface area contributed by atoms with Gasteiger partial charge in [-0.05, 0) is 25.8 Å². The van der Waals surface area contributed by atoms with Crippen molar-refractivity contribution in [2.24, 2.45) is 0 Å². The molecule has 4 N–H and O–H groups in total. The van der Waals surface area contributed by atoms with Crippen LogP contribution >= 0.6 is 0 Å². The number of aliphatic hydroxyl groups is 3. The van der Waals surface area contributed by atoms with Gasteiger partial charge in [0.15, 0.2) is 6.29 Å². The number of unbranched alkanes of at least 4 members (excludes halogenated alkanes) is 3. The summed E-state index contributed by atoms with van der Waals surface area (Å²) in [7, 11) is 1.64. The molecule has 0 aliphatic rings. The molecule has 0 aromatic rings. The van der Waals surface area contributed by atoms with E-state index in [0.717, 1.165) is 38.6 Å². The van der Waals surface area contributed by atoms with Crippen LogP contribution in [0.2, 0.25) is 0 Å². The lowest BCUT2D eigenvalue weighted by molar-refractivity contribution is -0.106. The Bertz CT molecular complexity index is 194. The fourth-order valence-corrected chi connectivity index (χ4v) is 1.78. The molecule has 0 rings (SSSR count). The molecule has 0 amide bonds. The zero-order valence-electron chi connectivity index (χ0n) is 12.6. The summed E-state index contributed by atoms with van der Waals surface area (Å²) in [5, 5.41) is 30.3. The molecule has 0 fully saturated rings. The van der Waals surface area contributed by atoms with Gasteiger partial charge in [0.05, 0.1) is 0 Å². The predicted octanol–water partition coefficient (Wildman–Crippen LogP) is 0.599. The van der Waals surface area contributed by atoms with Crippen molar-refractivity contribution < 1.29 is 24.8 Å². The Labute approximate surface area is 122 Å². The monoisotopic (exact) mass is 293 g/mol. The Morgan fingerprint density at radius 1 is 0.950 bits per heavy atom. The van der Waals surface area contributed by atoms with Gasteiger partial charge in [-0.2, -0.15) is 0 Å². The molecule has 0 spiro atoms. The molecule has 122 valence electrons. The van der Waals surface area contributed by atoms with Gasteiger partial charge in [0, 0.05) is 39.8 Å². The summed E-state index contributed by atoms with van der Waals surface area (Å²) in [5.41, 5.74) is 0. The number of rotatable bonds is 15. The van der Waals surface area contributed by atoms with E-state index in [1.165, 1.54) is 0 Å². The summed E-state index contributed by atoms with van der Waals surface area (Å²) in [4.78, 5) is 0. The smallest absolute Gasteiger partial charge is 0.154 e. The molecule has 6 nitrogen and oxygen atoms in total. The highest BCUT2D eigenvalue weighted by molar-refractivity contribution is 4.53. The number of aliphatic hydroxyl groups excluding tert-OH is 3. The first-order valence-corrected chi connectivity index (χ1v) is 7.51. The molecule has 0 bridgehead atoms. The molecule has 0 saturated heterocycles. The van der Waals surface area contributed by atoms with E-state index < -0.39 is 12.5 Å². The van der Waals surface area contributed by atoms with Crippen molar-refractivity contribution in [2.45, 2.75) is 57.5 Å². The van der Waals surface area contributed by atoms with Gasteiger partial charge in [0.25, 0.3) is 0 Å². The lowest BCUT2D eigenvalue weighted by Gasteiger charge is -2.12. The Kier molecular flexibility index (Phi) is 15.0. The molecule has 0 aromatic carbocycles. The van der Waals surface area contributed by atoms with Crippen molar-refractivity contribution in [2.75, 3.05) is 33.5 Å². The Morgan fingerprint density at radius 2 is 1.70 bits per heavy atom. The van der Waals surface area contributed by atoms with E-state index in [1.54, 1.807) is 7.11 Å². The van der Waals surface area contributed by atoms with E-state index in [-0.39, 0.29) is 6.61 Å². The molecule has 20 heavy (non-hydrogen) atoms. The summed E-state index contributed by atoms with van der Waals surface area (Å²) in [5.74, 6) is 0. The highest BCUT2D eigenvalue weighted by Gasteiger charge is 2.03. The summed E-state index contributed by atoms with van der Waals surface area (Å²) in [6, 6.07) is 0. The Balaban J connectivity index is 3.16. The van der Waals surface area contributed by atoms with Crippen LogP contribution in [0, 0.1) is 0 Å². The first-order valence-electron chi connectivity index (χ1n) is 7.51. The number of methoxy groups -OCH3 is 1. The minimum atomic E-state index is -0.680. The zero-order valence-corrected chi connectivity index (χ0v) is 12.6. The minimum absolute atomic E-state index is 0.00177. The standard InChI is InChI=1S/C14H31NO5/c1-19-11-6-7-14(18)20-12-5-3-2-4-9-15-13(17)8-10-16/h13-18H,2-12H2,1H3/t13-,14-/m1/s1. The summed E-state index contributed by atoms with van der Waals surface area (Å²) < 4.78 is 10.2. The van der Waals surface area contributed by atoms with Crippen LogP contribution in [0.5, 0.6) is 0 Å². The SMILES string of the molecule is COCCC[C@H](O)OCCCCCCN[C@H](O)CCO. The lowest BCUT2D eigenvalue weighted by atomic mass is 10.2. The molecular formula is C14H31NO5. The van der Waals surface area contributed by atoms with E-state index in [1.807, 2.05) is 0 Å². The van der Waals surface area contributed by atoms with Crippen LogP contribution < -0.4 is 5.32 Å². The number of nitrogens with one attached hydrogen (secondary N) is 1. The Hall–Kier alpha value is -0.240. The van der Waals surface area contributed by atoms with Crippen molar-refractivity contribution in [1.29, 1.82) is 0 Å². The number of hydrogen-bond donors (Lipinski definition) is 4. The van der Waals surface area contributed by atoms with Crippen LogP contribution in [0.1, 0.15) is 44.9 Å². The van der Waals surface area contributed by atoms with Gasteiger partial charge in [0.1, 0.15) is 6.23 Å². The molecule has 0 heterocycles. The van der Waals surface area contributed by atoms with Crippen molar-refractivity contribution in [3.8, 4) is 0 Å². The van der Waals surface area contributed by atoms with Gasteiger partial charge >= 0.3 is 0 Å². The minimum Gasteiger partial charge on any atom is -0.396 e. The van der Waals surface area contributed by atoms with Gasteiger partial charge in [-0.1, -0.05) is 12.8 Å². The largest absolute Gasteiger partial charge is 0.396 e.